The lowest BCUT2D eigenvalue weighted by molar-refractivity contribution is 0.140. The van der Waals surface area contributed by atoms with Crippen LogP contribution < -0.4 is 10.5 Å². The van der Waals surface area contributed by atoms with Crippen molar-refractivity contribution in [2.45, 2.75) is 18.6 Å². The smallest absolute Gasteiger partial charge is 0.139 e. The molecule has 3 heteroatoms. The Morgan fingerprint density at radius 3 is 2.30 bits per heavy atom. The second kappa shape index (κ2) is 6.07. The Morgan fingerprint density at radius 1 is 0.950 bits per heavy atom. The summed E-state index contributed by atoms with van der Waals surface area (Å²) in [4.78, 5) is 0. The molecule has 20 heavy (non-hydrogen) atoms. The van der Waals surface area contributed by atoms with Crippen molar-refractivity contribution in [3.8, 4) is 5.75 Å². The predicted octanol–water partition coefficient (Wildman–Crippen LogP) is 2.38. The van der Waals surface area contributed by atoms with E-state index >= 15 is 0 Å². The van der Waals surface area contributed by atoms with Crippen molar-refractivity contribution < 1.29 is 9.47 Å². The van der Waals surface area contributed by atoms with E-state index in [0.29, 0.717) is 13.2 Å². The Morgan fingerprint density at radius 2 is 1.65 bits per heavy atom. The van der Waals surface area contributed by atoms with E-state index in [0.717, 1.165) is 12.2 Å². The zero-order valence-electron chi connectivity index (χ0n) is 11.4. The van der Waals surface area contributed by atoms with Gasteiger partial charge in [0.1, 0.15) is 11.9 Å². The van der Waals surface area contributed by atoms with E-state index in [1.54, 1.807) is 0 Å². The first-order chi connectivity index (χ1) is 9.81. The zero-order valence-corrected chi connectivity index (χ0v) is 11.4. The molecule has 1 aliphatic rings. The Bertz CT molecular complexity index is 539. The summed E-state index contributed by atoms with van der Waals surface area (Å²) in [6.45, 7) is 1.16. The standard InChI is InChI=1S/C17H19NO2/c18-16-11-19-12-17(16)20-15-8-6-14(7-9-15)10-13-4-2-1-3-5-13/h1-9,16-17H,10-12,18H2. The lowest BCUT2D eigenvalue weighted by Gasteiger charge is -2.16. The summed E-state index contributed by atoms with van der Waals surface area (Å²) in [6.07, 6.45) is 0.905. The summed E-state index contributed by atoms with van der Waals surface area (Å²) < 4.78 is 11.1. The van der Waals surface area contributed by atoms with Gasteiger partial charge in [0.2, 0.25) is 0 Å². The normalized spacial score (nSPS) is 21.9. The highest BCUT2D eigenvalue weighted by Gasteiger charge is 2.26. The van der Waals surface area contributed by atoms with Crippen LogP contribution in [-0.2, 0) is 11.2 Å². The average molecular weight is 269 g/mol. The second-order valence-corrected chi connectivity index (χ2v) is 5.16. The van der Waals surface area contributed by atoms with Crippen molar-refractivity contribution in [1.82, 2.24) is 0 Å². The molecule has 0 bridgehead atoms. The fraction of sp³-hybridized carbons (Fsp3) is 0.294. The third-order valence-electron chi connectivity index (χ3n) is 3.53. The van der Waals surface area contributed by atoms with E-state index in [9.17, 15) is 0 Å². The van der Waals surface area contributed by atoms with Crippen molar-refractivity contribution in [1.29, 1.82) is 0 Å². The number of nitrogens with two attached hydrogens (primary N) is 1. The molecule has 0 saturated carbocycles. The SMILES string of the molecule is NC1COCC1Oc1ccc(Cc2ccccc2)cc1. The van der Waals surface area contributed by atoms with Crippen LogP contribution in [0.5, 0.6) is 5.75 Å². The van der Waals surface area contributed by atoms with E-state index in [1.807, 2.05) is 18.2 Å². The molecule has 3 rings (SSSR count). The quantitative estimate of drug-likeness (QED) is 0.927. The van der Waals surface area contributed by atoms with Gasteiger partial charge in [-0.1, -0.05) is 42.5 Å². The summed E-state index contributed by atoms with van der Waals surface area (Å²) >= 11 is 0. The fourth-order valence-electron chi connectivity index (χ4n) is 2.36. The highest BCUT2D eigenvalue weighted by molar-refractivity contribution is 5.31. The van der Waals surface area contributed by atoms with E-state index in [4.69, 9.17) is 15.2 Å². The number of hydrogen-bond donors (Lipinski definition) is 1. The average Bonchev–Trinajstić information content (AvgIpc) is 2.88. The van der Waals surface area contributed by atoms with Gasteiger partial charge in [-0.05, 0) is 29.7 Å². The lowest BCUT2D eigenvalue weighted by Crippen LogP contribution is -2.37. The summed E-state index contributed by atoms with van der Waals surface area (Å²) in [7, 11) is 0. The molecule has 3 nitrogen and oxygen atoms in total. The molecular weight excluding hydrogens is 250 g/mol. The summed E-state index contributed by atoms with van der Waals surface area (Å²) in [6, 6.07) is 18.6. The summed E-state index contributed by atoms with van der Waals surface area (Å²) in [5.74, 6) is 0.854. The molecule has 1 fully saturated rings. The number of rotatable bonds is 4. The Labute approximate surface area is 119 Å². The molecule has 0 spiro atoms. The molecule has 2 aromatic rings. The van der Waals surface area contributed by atoms with Crippen molar-refractivity contribution >= 4 is 0 Å². The third kappa shape index (κ3) is 3.18. The van der Waals surface area contributed by atoms with E-state index in [1.165, 1.54) is 11.1 Å². The third-order valence-corrected chi connectivity index (χ3v) is 3.53. The van der Waals surface area contributed by atoms with Crippen LogP contribution in [0.3, 0.4) is 0 Å². The Hall–Kier alpha value is -1.84. The Kier molecular flexibility index (Phi) is 4.00. The van der Waals surface area contributed by atoms with Gasteiger partial charge in [-0.15, -0.1) is 0 Å². The minimum atomic E-state index is -0.0324. The highest BCUT2D eigenvalue weighted by atomic mass is 16.5. The molecule has 2 atom stereocenters. The minimum Gasteiger partial charge on any atom is -0.486 e. The maximum Gasteiger partial charge on any atom is 0.139 e. The summed E-state index contributed by atoms with van der Waals surface area (Å²) in [5, 5.41) is 0. The van der Waals surface area contributed by atoms with Crippen molar-refractivity contribution in [2.75, 3.05) is 13.2 Å². The van der Waals surface area contributed by atoms with Gasteiger partial charge in [0.15, 0.2) is 0 Å². The zero-order chi connectivity index (χ0) is 13.8. The van der Waals surface area contributed by atoms with Crippen LogP contribution >= 0.6 is 0 Å². The molecule has 2 N–H and O–H groups in total. The van der Waals surface area contributed by atoms with Crippen molar-refractivity contribution in [2.24, 2.45) is 5.73 Å². The lowest BCUT2D eigenvalue weighted by atomic mass is 10.1. The molecule has 0 aliphatic carbocycles. The summed E-state index contributed by atoms with van der Waals surface area (Å²) in [5.41, 5.74) is 8.49. The molecule has 0 radical (unpaired) electrons. The van der Waals surface area contributed by atoms with Crippen molar-refractivity contribution in [3.63, 3.8) is 0 Å². The number of hydrogen-bond acceptors (Lipinski definition) is 3. The number of ether oxygens (including phenoxy) is 2. The molecular formula is C17H19NO2. The van der Waals surface area contributed by atoms with Crippen LogP contribution in [0.4, 0.5) is 0 Å². The van der Waals surface area contributed by atoms with Gasteiger partial charge < -0.3 is 15.2 Å². The molecule has 104 valence electrons. The van der Waals surface area contributed by atoms with E-state index in [2.05, 4.69) is 36.4 Å². The molecule has 1 heterocycles. The topological polar surface area (TPSA) is 44.5 Å². The monoisotopic (exact) mass is 269 g/mol. The van der Waals surface area contributed by atoms with Crippen LogP contribution in [0.25, 0.3) is 0 Å². The van der Waals surface area contributed by atoms with Crippen LogP contribution in [0.2, 0.25) is 0 Å². The van der Waals surface area contributed by atoms with Crippen LogP contribution in [0, 0.1) is 0 Å². The Balaban J connectivity index is 1.62. The highest BCUT2D eigenvalue weighted by Crippen LogP contribution is 2.18. The van der Waals surface area contributed by atoms with Crippen LogP contribution in [-0.4, -0.2) is 25.4 Å². The minimum absolute atomic E-state index is 0.0287. The first-order valence-electron chi connectivity index (χ1n) is 6.94. The van der Waals surface area contributed by atoms with Gasteiger partial charge in [-0.2, -0.15) is 0 Å². The fourth-order valence-corrected chi connectivity index (χ4v) is 2.36. The van der Waals surface area contributed by atoms with Gasteiger partial charge in [0, 0.05) is 0 Å². The molecule has 2 unspecified atom stereocenters. The first-order valence-corrected chi connectivity index (χ1v) is 6.94. The molecule has 1 aliphatic heterocycles. The molecule has 1 saturated heterocycles. The van der Waals surface area contributed by atoms with Gasteiger partial charge in [-0.3, -0.25) is 0 Å². The predicted molar refractivity (Wildman–Crippen MR) is 78.9 cm³/mol. The molecule has 2 aromatic carbocycles. The largest absolute Gasteiger partial charge is 0.486 e. The van der Waals surface area contributed by atoms with Crippen LogP contribution in [0.1, 0.15) is 11.1 Å². The van der Waals surface area contributed by atoms with E-state index in [-0.39, 0.29) is 12.1 Å². The maximum absolute atomic E-state index is 5.91. The maximum atomic E-state index is 5.91. The van der Waals surface area contributed by atoms with Gasteiger partial charge in [0.05, 0.1) is 19.3 Å². The van der Waals surface area contributed by atoms with Gasteiger partial charge in [-0.25, -0.2) is 0 Å². The van der Waals surface area contributed by atoms with Crippen molar-refractivity contribution in [3.05, 3.63) is 65.7 Å². The van der Waals surface area contributed by atoms with Gasteiger partial charge in [0.25, 0.3) is 0 Å². The molecule has 0 aromatic heterocycles. The second-order valence-electron chi connectivity index (χ2n) is 5.16. The van der Waals surface area contributed by atoms with Gasteiger partial charge >= 0.3 is 0 Å². The first kappa shape index (κ1) is 13.2. The van der Waals surface area contributed by atoms with Crippen LogP contribution in [0.15, 0.2) is 54.6 Å². The number of benzene rings is 2. The molecule has 0 amide bonds. The van der Waals surface area contributed by atoms with E-state index < -0.39 is 0 Å².